The molecule has 2 heterocycles. The smallest absolute Gasteiger partial charge is 0.334 e. The number of aliphatic hydroxyl groups is 1. The summed E-state index contributed by atoms with van der Waals surface area (Å²) in [5.74, 6) is 6.98. The zero-order chi connectivity index (χ0) is 33.2. The van der Waals surface area contributed by atoms with Gasteiger partial charge in [0.05, 0.1) is 6.42 Å². The van der Waals surface area contributed by atoms with Gasteiger partial charge in [-0.1, -0.05) is 77.2 Å². The van der Waals surface area contributed by atoms with Crippen LogP contribution in [0.15, 0.2) is 64.6 Å². The van der Waals surface area contributed by atoms with Crippen molar-refractivity contribution in [3.8, 4) is 11.8 Å². The molecule has 3 aromatic rings. The van der Waals surface area contributed by atoms with Crippen molar-refractivity contribution in [1.82, 2.24) is 0 Å². The van der Waals surface area contributed by atoms with E-state index in [9.17, 15) is 9.59 Å². The van der Waals surface area contributed by atoms with Gasteiger partial charge < -0.3 is 19.0 Å². The number of rotatable bonds is 9. The first-order chi connectivity index (χ1) is 21.2. The molecule has 1 N–H and O–H groups in total. The molecule has 0 amide bonds. The number of aryl methyl sites for hydroxylation is 2. The number of esters is 2. The van der Waals surface area contributed by atoms with E-state index in [0.717, 1.165) is 48.5 Å². The van der Waals surface area contributed by atoms with E-state index < -0.39 is 6.10 Å². The molecule has 6 nitrogen and oxygen atoms in total. The maximum absolute atomic E-state index is 12.5. The predicted octanol–water partition coefficient (Wildman–Crippen LogP) is 8.35. The standard InChI is InChI=1S/C38H46O5.CH4O/c1-26-8-10-27(11-9-26)12-13-28-15-18-34-31(20-28)22-32(42-34)17-19-35(39)41-25-33-21-30(36(40)43-33)16-14-29(23-37(2,3)4)24-38(5,6)7;1-2/h8-11,15-16,18,20,22,29,33H,14,17,19,21,23-25H2,1-7H3;2H,1H3/b30-16+;. The van der Waals surface area contributed by atoms with Crippen LogP contribution >= 0.6 is 0 Å². The Labute approximate surface area is 269 Å². The molecular weight excluding hydrogens is 564 g/mol. The number of ether oxygens (including phenoxy) is 2. The third kappa shape index (κ3) is 12.2. The van der Waals surface area contributed by atoms with Crippen LogP contribution in [0.2, 0.25) is 0 Å². The van der Waals surface area contributed by atoms with Gasteiger partial charge in [-0.05, 0) is 79.3 Å². The molecule has 0 spiro atoms. The van der Waals surface area contributed by atoms with Crippen molar-refractivity contribution in [2.75, 3.05) is 13.7 Å². The van der Waals surface area contributed by atoms with Crippen LogP contribution in [-0.4, -0.2) is 36.9 Å². The van der Waals surface area contributed by atoms with Gasteiger partial charge in [0.2, 0.25) is 0 Å². The van der Waals surface area contributed by atoms with Crippen LogP contribution in [0, 0.1) is 35.5 Å². The Morgan fingerprint density at radius 3 is 2.24 bits per heavy atom. The van der Waals surface area contributed by atoms with E-state index in [1.807, 2.05) is 54.6 Å². The molecule has 1 aromatic heterocycles. The third-order valence-electron chi connectivity index (χ3n) is 7.46. The Morgan fingerprint density at radius 2 is 1.60 bits per heavy atom. The fraction of sp³-hybridized carbons (Fsp3) is 0.487. The summed E-state index contributed by atoms with van der Waals surface area (Å²) in [4.78, 5) is 25.0. The van der Waals surface area contributed by atoms with E-state index in [1.165, 1.54) is 5.56 Å². The molecule has 1 aliphatic rings. The fourth-order valence-corrected chi connectivity index (χ4v) is 5.70. The van der Waals surface area contributed by atoms with Crippen molar-refractivity contribution in [2.45, 2.75) is 93.1 Å². The number of fused-ring (bicyclic) bond motifs is 1. The number of carbonyl (C=O) groups excluding carboxylic acids is 2. The topological polar surface area (TPSA) is 86.0 Å². The van der Waals surface area contributed by atoms with Crippen molar-refractivity contribution in [3.05, 3.63) is 82.6 Å². The van der Waals surface area contributed by atoms with Crippen molar-refractivity contribution < 1.29 is 28.6 Å². The SMILES string of the molecule is CO.Cc1ccc(C#Cc2ccc3oc(CCC(=O)OCC4C/C(=C\CC(CC(C)(C)C)CC(C)(C)C)C(=O)O4)cc3c2)cc1. The first-order valence-electron chi connectivity index (χ1n) is 15.8. The second kappa shape index (κ2) is 16.0. The molecule has 242 valence electrons. The monoisotopic (exact) mass is 614 g/mol. The normalized spacial score (nSPS) is 15.8. The van der Waals surface area contributed by atoms with Crippen LogP contribution < -0.4 is 0 Å². The molecule has 1 aliphatic heterocycles. The number of aliphatic hydroxyl groups excluding tert-OH is 1. The van der Waals surface area contributed by atoms with E-state index in [4.69, 9.17) is 19.0 Å². The molecule has 0 bridgehead atoms. The number of hydrogen-bond donors (Lipinski definition) is 1. The van der Waals surface area contributed by atoms with Gasteiger partial charge in [0, 0.05) is 42.0 Å². The van der Waals surface area contributed by atoms with E-state index in [0.29, 0.717) is 30.1 Å². The maximum atomic E-state index is 12.5. The van der Waals surface area contributed by atoms with E-state index >= 15 is 0 Å². The van der Waals surface area contributed by atoms with E-state index in [2.05, 4.69) is 60.3 Å². The highest BCUT2D eigenvalue weighted by molar-refractivity contribution is 5.90. The average molecular weight is 615 g/mol. The van der Waals surface area contributed by atoms with E-state index in [1.54, 1.807) is 0 Å². The second-order valence-electron chi connectivity index (χ2n) is 14.4. The van der Waals surface area contributed by atoms with Gasteiger partial charge in [0.25, 0.3) is 0 Å². The highest BCUT2D eigenvalue weighted by atomic mass is 16.6. The molecule has 0 aliphatic carbocycles. The number of hydrogen-bond acceptors (Lipinski definition) is 6. The lowest BCUT2D eigenvalue weighted by atomic mass is 9.75. The summed E-state index contributed by atoms with van der Waals surface area (Å²) < 4.78 is 16.9. The zero-order valence-electron chi connectivity index (χ0n) is 28.3. The molecule has 1 atom stereocenters. The van der Waals surface area contributed by atoms with Crippen LogP contribution in [0.4, 0.5) is 0 Å². The van der Waals surface area contributed by atoms with Crippen molar-refractivity contribution in [3.63, 3.8) is 0 Å². The molecule has 1 fully saturated rings. The Balaban J connectivity index is 0.00000271. The van der Waals surface area contributed by atoms with Crippen LogP contribution in [0.25, 0.3) is 11.0 Å². The first-order valence-corrected chi connectivity index (χ1v) is 15.8. The molecule has 4 rings (SSSR count). The average Bonchev–Trinajstić information content (AvgIpc) is 3.54. The molecular formula is C39H50O6. The number of benzene rings is 2. The maximum Gasteiger partial charge on any atom is 0.334 e. The van der Waals surface area contributed by atoms with Crippen LogP contribution in [-0.2, 0) is 25.5 Å². The Hall–Kier alpha value is -3.82. The summed E-state index contributed by atoms with van der Waals surface area (Å²) >= 11 is 0. The third-order valence-corrected chi connectivity index (χ3v) is 7.46. The van der Waals surface area contributed by atoms with Gasteiger partial charge in [-0.15, -0.1) is 0 Å². The summed E-state index contributed by atoms with van der Waals surface area (Å²) in [6.45, 7) is 15.7. The highest BCUT2D eigenvalue weighted by Gasteiger charge is 2.31. The summed E-state index contributed by atoms with van der Waals surface area (Å²) in [6, 6.07) is 15.9. The quantitative estimate of drug-likeness (QED) is 0.148. The van der Waals surface area contributed by atoms with Crippen LogP contribution in [0.5, 0.6) is 0 Å². The van der Waals surface area contributed by atoms with Crippen molar-refractivity contribution >= 4 is 22.9 Å². The fourth-order valence-electron chi connectivity index (χ4n) is 5.70. The molecule has 0 saturated carbocycles. The highest BCUT2D eigenvalue weighted by Crippen LogP contribution is 2.36. The largest absolute Gasteiger partial charge is 0.462 e. The summed E-state index contributed by atoms with van der Waals surface area (Å²) in [5, 5.41) is 7.95. The lowest BCUT2D eigenvalue weighted by molar-refractivity contribution is -0.152. The van der Waals surface area contributed by atoms with Gasteiger partial charge in [-0.2, -0.15) is 0 Å². The van der Waals surface area contributed by atoms with Gasteiger partial charge in [0.1, 0.15) is 24.1 Å². The number of carbonyl (C=O) groups is 2. The second-order valence-corrected chi connectivity index (χ2v) is 14.4. The summed E-state index contributed by atoms with van der Waals surface area (Å²) in [5.41, 5.74) is 4.98. The number of cyclic esters (lactones) is 1. The molecule has 1 saturated heterocycles. The van der Waals surface area contributed by atoms with Gasteiger partial charge >= 0.3 is 11.9 Å². The minimum absolute atomic E-state index is 0.0679. The lowest BCUT2D eigenvalue weighted by Crippen LogP contribution is -2.19. The first kappa shape index (κ1) is 35.7. The Kier molecular flexibility index (Phi) is 12.6. The Morgan fingerprint density at radius 1 is 0.978 bits per heavy atom. The van der Waals surface area contributed by atoms with Gasteiger partial charge in [0.15, 0.2) is 0 Å². The Bertz CT molecular complexity index is 1500. The molecule has 1 unspecified atom stereocenters. The zero-order valence-corrected chi connectivity index (χ0v) is 28.3. The molecule has 0 radical (unpaired) electrons. The van der Waals surface area contributed by atoms with Crippen molar-refractivity contribution in [1.29, 1.82) is 0 Å². The molecule has 6 heteroatoms. The number of furan rings is 1. The van der Waals surface area contributed by atoms with E-state index in [-0.39, 0.29) is 35.8 Å². The van der Waals surface area contributed by atoms with Crippen LogP contribution in [0.1, 0.15) is 96.1 Å². The van der Waals surface area contributed by atoms with Gasteiger partial charge in [-0.3, -0.25) is 4.79 Å². The summed E-state index contributed by atoms with van der Waals surface area (Å²) in [7, 11) is 1.00. The molecule has 2 aromatic carbocycles. The van der Waals surface area contributed by atoms with Crippen LogP contribution in [0.3, 0.4) is 0 Å². The van der Waals surface area contributed by atoms with Gasteiger partial charge in [-0.25, -0.2) is 4.79 Å². The van der Waals surface area contributed by atoms with Crippen molar-refractivity contribution in [2.24, 2.45) is 16.7 Å². The minimum Gasteiger partial charge on any atom is -0.462 e. The predicted molar refractivity (Wildman–Crippen MR) is 180 cm³/mol. The minimum atomic E-state index is -0.433. The molecule has 45 heavy (non-hydrogen) atoms. The summed E-state index contributed by atoms with van der Waals surface area (Å²) in [6.07, 6.45) is 5.75. The number of allylic oxidation sites excluding steroid dienone is 1. The lowest BCUT2D eigenvalue weighted by Gasteiger charge is -2.30.